The average Bonchev–Trinajstić information content (AvgIpc) is 2.35. The van der Waals surface area contributed by atoms with Gasteiger partial charge in [-0.25, -0.2) is 0 Å². The first-order chi connectivity index (χ1) is 9.01. The summed E-state index contributed by atoms with van der Waals surface area (Å²) < 4.78 is 35.0. The SMILES string of the molecule is COC[C@@H](Cc1ccccc1)NCCCS(=O)(=O)O. The van der Waals surface area contributed by atoms with Gasteiger partial charge in [0.1, 0.15) is 0 Å². The highest BCUT2D eigenvalue weighted by Gasteiger charge is 2.10. The van der Waals surface area contributed by atoms with E-state index >= 15 is 0 Å². The summed E-state index contributed by atoms with van der Waals surface area (Å²) in [6.07, 6.45) is 1.20. The number of rotatable bonds is 9. The van der Waals surface area contributed by atoms with Gasteiger partial charge in [0.2, 0.25) is 0 Å². The molecule has 0 heterocycles. The lowest BCUT2D eigenvalue weighted by atomic mass is 10.1. The lowest BCUT2D eigenvalue weighted by Gasteiger charge is -2.17. The highest BCUT2D eigenvalue weighted by Crippen LogP contribution is 2.03. The topological polar surface area (TPSA) is 75.6 Å². The highest BCUT2D eigenvalue weighted by atomic mass is 32.2. The summed E-state index contributed by atoms with van der Waals surface area (Å²) in [5.74, 6) is -0.217. The van der Waals surface area contributed by atoms with Crippen LogP contribution in [0.1, 0.15) is 12.0 Å². The highest BCUT2D eigenvalue weighted by molar-refractivity contribution is 7.85. The van der Waals surface area contributed by atoms with Gasteiger partial charge < -0.3 is 10.1 Å². The van der Waals surface area contributed by atoms with E-state index in [0.29, 0.717) is 19.6 Å². The molecule has 1 aromatic carbocycles. The van der Waals surface area contributed by atoms with E-state index in [2.05, 4.69) is 5.32 Å². The maximum atomic E-state index is 10.6. The Morgan fingerprint density at radius 1 is 1.32 bits per heavy atom. The minimum Gasteiger partial charge on any atom is -0.383 e. The van der Waals surface area contributed by atoms with Gasteiger partial charge in [-0.05, 0) is 24.9 Å². The van der Waals surface area contributed by atoms with Crippen molar-refractivity contribution >= 4 is 10.1 Å². The molecule has 0 aliphatic heterocycles. The van der Waals surface area contributed by atoms with Crippen molar-refractivity contribution in [1.29, 1.82) is 0 Å². The Hall–Kier alpha value is -0.950. The van der Waals surface area contributed by atoms with E-state index in [1.165, 1.54) is 5.56 Å². The van der Waals surface area contributed by atoms with Gasteiger partial charge in [-0.3, -0.25) is 4.55 Å². The van der Waals surface area contributed by atoms with E-state index in [1.54, 1.807) is 7.11 Å². The zero-order valence-electron chi connectivity index (χ0n) is 11.1. The Balaban J connectivity index is 2.36. The fourth-order valence-electron chi connectivity index (χ4n) is 1.85. The monoisotopic (exact) mass is 287 g/mol. The van der Waals surface area contributed by atoms with E-state index in [-0.39, 0.29) is 11.8 Å². The lowest BCUT2D eigenvalue weighted by molar-refractivity contribution is 0.166. The summed E-state index contributed by atoms with van der Waals surface area (Å²) in [6, 6.07) is 10.2. The number of benzene rings is 1. The molecule has 108 valence electrons. The Morgan fingerprint density at radius 3 is 2.58 bits per heavy atom. The molecule has 5 nitrogen and oxygen atoms in total. The third-order valence-corrected chi connectivity index (χ3v) is 3.51. The maximum Gasteiger partial charge on any atom is 0.264 e. The van der Waals surface area contributed by atoms with Crippen LogP contribution in [0.4, 0.5) is 0 Å². The molecule has 0 saturated heterocycles. The molecule has 0 amide bonds. The van der Waals surface area contributed by atoms with Crippen molar-refractivity contribution in [1.82, 2.24) is 5.32 Å². The third kappa shape index (κ3) is 7.94. The van der Waals surface area contributed by atoms with Crippen LogP contribution >= 0.6 is 0 Å². The second-order valence-corrected chi connectivity index (χ2v) is 6.01. The summed E-state index contributed by atoms with van der Waals surface area (Å²) in [7, 11) is -2.23. The van der Waals surface area contributed by atoms with Gasteiger partial charge >= 0.3 is 0 Å². The Morgan fingerprint density at radius 2 is 2.00 bits per heavy atom. The number of hydrogen-bond donors (Lipinski definition) is 2. The molecule has 0 saturated carbocycles. The first-order valence-electron chi connectivity index (χ1n) is 6.22. The third-order valence-electron chi connectivity index (χ3n) is 2.70. The number of nitrogens with one attached hydrogen (secondary N) is 1. The van der Waals surface area contributed by atoms with Gasteiger partial charge in [-0.1, -0.05) is 30.3 Å². The second kappa shape index (κ2) is 8.27. The van der Waals surface area contributed by atoms with Crippen LogP contribution < -0.4 is 5.32 Å². The standard InChI is InChI=1S/C13H21NO4S/c1-18-11-13(10-12-6-3-2-4-7-12)14-8-5-9-19(15,16)17/h2-4,6-7,13-14H,5,8-11H2,1H3,(H,15,16,17)/t13-/m1/s1. The predicted molar refractivity (Wildman–Crippen MR) is 74.8 cm³/mol. The summed E-state index contributed by atoms with van der Waals surface area (Å²) in [5, 5.41) is 3.24. The number of hydrogen-bond acceptors (Lipinski definition) is 4. The van der Waals surface area contributed by atoms with Crippen molar-refractivity contribution in [2.45, 2.75) is 18.9 Å². The zero-order valence-corrected chi connectivity index (χ0v) is 11.9. The van der Waals surface area contributed by atoms with E-state index in [0.717, 1.165) is 6.42 Å². The smallest absolute Gasteiger partial charge is 0.264 e. The quantitative estimate of drug-likeness (QED) is 0.526. The average molecular weight is 287 g/mol. The van der Waals surface area contributed by atoms with Crippen LogP contribution in [0.2, 0.25) is 0 Å². The van der Waals surface area contributed by atoms with Crippen LogP contribution in [0.3, 0.4) is 0 Å². The van der Waals surface area contributed by atoms with Crippen LogP contribution in [0.5, 0.6) is 0 Å². The van der Waals surface area contributed by atoms with Crippen molar-refractivity contribution in [3.05, 3.63) is 35.9 Å². The van der Waals surface area contributed by atoms with E-state index in [4.69, 9.17) is 9.29 Å². The maximum absolute atomic E-state index is 10.6. The molecule has 0 aromatic heterocycles. The van der Waals surface area contributed by atoms with Crippen molar-refractivity contribution in [3.63, 3.8) is 0 Å². The zero-order chi connectivity index (χ0) is 14.1. The predicted octanol–water partition coefficient (Wildman–Crippen LogP) is 1.11. The van der Waals surface area contributed by atoms with Crippen molar-refractivity contribution in [3.8, 4) is 0 Å². The van der Waals surface area contributed by atoms with Crippen LogP contribution in [-0.4, -0.2) is 45.0 Å². The second-order valence-electron chi connectivity index (χ2n) is 4.44. The number of ether oxygens (including phenoxy) is 1. The summed E-state index contributed by atoms with van der Waals surface area (Å²) >= 11 is 0. The molecule has 2 N–H and O–H groups in total. The molecule has 0 aliphatic rings. The molecule has 6 heteroatoms. The van der Waals surface area contributed by atoms with Crippen molar-refractivity contribution in [2.75, 3.05) is 26.0 Å². The molecule has 0 radical (unpaired) electrons. The molecule has 1 atom stereocenters. The summed E-state index contributed by atoms with van der Waals surface area (Å²) in [4.78, 5) is 0. The van der Waals surface area contributed by atoms with Crippen LogP contribution in [0.25, 0.3) is 0 Å². The molecular formula is C13H21NO4S. The van der Waals surface area contributed by atoms with Crippen LogP contribution in [0, 0.1) is 0 Å². The fourth-order valence-corrected chi connectivity index (χ4v) is 2.36. The minimum absolute atomic E-state index is 0.133. The number of methoxy groups -OCH3 is 1. The molecule has 0 aliphatic carbocycles. The largest absolute Gasteiger partial charge is 0.383 e. The molecule has 0 fully saturated rings. The van der Waals surface area contributed by atoms with Gasteiger partial charge in [-0.2, -0.15) is 8.42 Å². The van der Waals surface area contributed by atoms with Gasteiger partial charge in [-0.15, -0.1) is 0 Å². The van der Waals surface area contributed by atoms with Gasteiger partial charge in [0.15, 0.2) is 0 Å². The summed E-state index contributed by atoms with van der Waals surface area (Å²) in [6.45, 7) is 1.08. The van der Waals surface area contributed by atoms with Crippen LogP contribution in [0.15, 0.2) is 30.3 Å². The van der Waals surface area contributed by atoms with Gasteiger partial charge in [0.25, 0.3) is 10.1 Å². The first kappa shape index (κ1) is 16.1. The fraction of sp³-hybridized carbons (Fsp3) is 0.538. The van der Waals surface area contributed by atoms with E-state index in [9.17, 15) is 8.42 Å². The molecular weight excluding hydrogens is 266 g/mol. The molecule has 1 rings (SSSR count). The first-order valence-corrected chi connectivity index (χ1v) is 7.83. The molecule has 0 spiro atoms. The van der Waals surface area contributed by atoms with Gasteiger partial charge in [0.05, 0.1) is 12.4 Å². The molecule has 0 bridgehead atoms. The molecule has 0 unspecified atom stereocenters. The molecule has 19 heavy (non-hydrogen) atoms. The van der Waals surface area contributed by atoms with Gasteiger partial charge in [0, 0.05) is 13.2 Å². The van der Waals surface area contributed by atoms with Crippen molar-refractivity contribution in [2.24, 2.45) is 0 Å². The van der Waals surface area contributed by atoms with Crippen LogP contribution in [-0.2, 0) is 21.3 Å². The Labute approximate surface area is 114 Å². The lowest BCUT2D eigenvalue weighted by Crippen LogP contribution is -2.36. The van der Waals surface area contributed by atoms with Crippen molar-refractivity contribution < 1.29 is 17.7 Å². The molecule has 1 aromatic rings. The Bertz CT molecular complexity index is 447. The minimum atomic E-state index is -3.86. The van der Waals surface area contributed by atoms with E-state index in [1.807, 2.05) is 30.3 Å². The normalized spacial score (nSPS) is 13.4. The van der Waals surface area contributed by atoms with E-state index < -0.39 is 10.1 Å². The summed E-state index contributed by atoms with van der Waals surface area (Å²) in [5.41, 5.74) is 1.20. The Kier molecular flexibility index (Phi) is 7.01.